The van der Waals surface area contributed by atoms with E-state index in [1.807, 2.05) is 6.92 Å². The SMILES string of the molecule is CCN1CCC(O)(C(O)C(=O)O)CC1. The maximum absolute atomic E-state index is 10.5. The number of carbonyl (C=O) groups is 1. The number of piperidine rings is 1. The first-order valence-electron chi connectivity index (χ1n) is 4.85. The molecule has 14 heavy (non-hydrogen) atoms. The van der Waals surface area contributed by atoms with E-state index in [-0.39, 0.29) is 0 Å². The van der Waals surface area contributed by atoms with Gasteiger partial charge >= 0.3 is 5.97 Å². The van der Waals surface area contributed by atoms with Gasteiger partial charge in [0.2, 0.25) is 0 Å². The molecule has 0 aromatic carbocycles. The highest BCUT2D eigenvalue weighted by molar-refractivity contribution is 5.73. The summed E-state index contributed by atoms with van der Waals surface area (Å²) in [6.45, 7) is 4.17. The molecule has 0 amide bonds. The van der Waals surface area contributed by atoms with Crippen molar-refractivity contribution >= 4 is 5.97 Å². The van der Waals surface area contributed by atoms with Gasteiger partial charge in [-0.1, -0.05) is 6.92 Å². The predicted octanol–water partition coefficient (Wildman–Crippen LogP) is -0.721. The van der Waals surface area contributed by atoms with Gasteiger partial charge in [0.1, 0.15) is 5.60 Å². The van der Waals surface area contributed by atoms with Crippen LogP contribution in [0.1, 0.15) is 19.8 Å². The van der Waals surface area contributed by atoms with Gasteiger partial charge in [-0.3, -0.25) is 0 Å². The first kappa shape index (κ1) is 11.4. The van der Waals surface area contributed by atoms with Crippen LogP contribution in [0.2, 0.25) is 0 Å². The fraction of sp³-hybridized carbons (Fsp3) is 0.889. The molecule has 0 aromatic rings. The van der Waals surface area contributed by atoms with E-state index in [1.54, 1.807) is 0 Å². The summed E-state index contributed by atoms with van der Waals surface area (Å²) in [6.07, 6.45) is -1.04. The second kappa shape index (κ2) is 4.25. The Labute approximate surface area is 83.0 Å². The van der Waals surface area contributed by atoms with Gasteiger partial charge in [-0.2, -0.15) is 0 Å². The first-order chi connectivity index (χ1) is 6.49. The van der Waals surface area contributed by atoms with Crippen molar-refractivity contribution in [1.82, 2.24) is 4.90 Å². The Bertz CT molecular complexity index is 211. The molecule has 5 heteroatoms. The second-order valence-electron chi connectivity index (χ2n) is 3.78. The minimum absolute atomic E-state index is 0.314. The molecule has 1 fully saturated rings. The van der Waals surface area contributed by atoms with Gasteiger partial charge in [-0.25, -0.2) is 4.79 Å². The Hall–Kier alpha value is -0.650. The van der Waals surface area contributed by atoms with Crippen LogP contribution in [-0.4, -0.2) is 57.5 Å². The van der Waals surface area contributed by atoms with Crippen LogP contribution in [0.15, 0.2) is 0 Å². The molecular formula is C9H17NO4. The van der Waals surface area contributed by atoms with Crippen molar-refractivity contribution in [2.75, 3.05) is 19.6 Å². The molecule has 3 N–H and O–H groups in total. The average molecular weight is 203 g/mol. The van der Waals surface area contributed by atoms with Crippen molar-refractivity contribution in [3.05, 3.63) is 0 Å². The molecular weight excluding hydrogens is 186 g/mol. The summed E-state index contributed by atoms with van der Waals surface area (Å²) in [4.78, 5) is 12.6. The molecule has 0 saturated carbocycles. The van der Waals surface area contributed by atoms with Crippen LogP contribution in [0.25, 0.3) is 0 Å². The van der Waals surface area contributed by atoms with Gasteiger partial charge in [0.25, 0.3) is 0 Å². The third-order valence-corrected chi connectivity index (χ3v) is 2.91. The Morgan fingerprint density at radius 3 is 2.36 bits per heavy atom. The topological polar surface area (TPSA) is 81.0 Å². The molecule has 1 saturated heterocycles. The molecule has 1 aliphatic heterocycles. The zero-order valence-corrected chi connectivity index (χ0v) is 8.31. The van der Waals surface area contributed by atoms with Crippen LogP contribution < -0.4 is 0 Å². The van der Waals surface area contributed by atoms with Crippen molar-refractivity contribution < 1.29 is 20.1 Å². The van der Waals surface area contributed by atoms with Crippen molar-refractivity contribution in [1.29, 1.82) is 0 Å². The normalized spacial score (nSPS) is 24.5. The summed E-state index contributed by atoms with van der Waals surface area (Å²) >= 11 is 0. The molecule has 82 valence electrons. The van der Waals surface area contributed by atoms with Gasteiger partial charge in [0.15, 0.2) is 6.10 Å². The highest BCUT2D eigenvalue weighted by atomic mass is 16.4. The van der Waals surface area contributed by atoms with Crippen LogP contribution in [0.5, 0.6) is 0 Å². The monoisotopic (exact) mass is 203 g/mol. The van der Waals surface area contributed by atoms with Crippen molar-refractivity contribution in [3.63, 3.8) is 0 Å². The summed E-state index contributed by atoms with van der Waals surface area (Å²) in [7, 11) is 0. The second-order valence-corrected chi connectivity index (χ2v) is 3.78. The fourth-order valence-electron chi connectivity index (χ4n) is 1.76. The molecule has 1 aliphatic rings. The van der Waals surface area contributed by atoms with Gasteiger partial charge in [0, 0.05) is 13.1 Å². The van der Waals surface area contributed by atoms with Crippen LogP contribution in [0.4, 0.5) is 0 Å². The van der Waals surface area contributed by atoms with E-state index in [2.05, 4.69) is 4.90 Å². The molecule has 0 bridgehead atoms. The van der Waals surface area contributed by atoms with E-state index in [0.29, 0.717) is 25.9 Å². The lowest BCUT2D eigenvalue weighted by Gasteiger charge is -2.39. The Morgan fingerprint density at radius 2 is 2.00 bits per heavy atom. The lowest BCUT2D eigenvalue weighted by Crippen LogP contribution is -2.54. The summed E-state index contributed by atoms with van der Waals surface area (Å²) in [5, 5.41) is 27.8. The number of carboxylic acid groups (broad SMARTS) is 1. The number of hydrogen-bond acceptors (Lipinski definition) is 4. The number of carboxylic acids is 1. The largest absolute Gasteiger partial charge is 0.479 e. The molecule has 1 unspecified atom stereocenters. The van der Waals surface area contributed by atoms with Crippen LogP contribution in [0, 0.1) is 0 Å². The van der Waals surface area contributed by atoms with E-state index in [9.17, 15) is 15.0 Å². The van der Waals surface area contributed by atoms with Crippen LogP contribution in [0.3, 0.4) is 0 Å². The third-order valence-electron chi connectivity index (χ3n) is 2.91. The standard InChI is InChI=1S/C9H17NO4/c1-2-10-5-3-9(14,4-6-10)7(11)8(12)13/h7,11,14H,2-6H2,1H3,(H,12,13). The van der Waals surface area contributed by atoms with Crippen LogP contribution >= 0.6 is 0 Å². The zero-order chi connectivity index (χ0) is 10.8. The highest BCUT2D eigenvalue weighted by Crippen LogP contribution is 2.25. The van der Waals surface area contributed by atoms with Gasteiger partial charge in [-0.15, -0.1) is 0 Å². The number of aliphatic hydroxyl groups excluding tert-OH is 1. The first-order valence-corrected chi connectivity index (χ1v) is 4.85. The van der Waals surface area contributed by atoms with E-state index in [1.165, 1.54) is 0 Å². The van der Waals surface area contributed by atoms with Crippen molar-refractivity contribution in [3.8, 4) is 0 Å². The van der Waals surface area contributed by atoms with Gasteiger partial charge < -0.3 is 20.2 Å². The predicted molar refractivity (Wildman–Crippen MR) is 49.9 cm³/mol. The number of nitrogens with zero attached hydrogens (tertiary/aromatic N) is 1. The molecule has 1 atom stereocenters. The summed E-state index contributed by atoms with van der Waals surface area (Å²) < 4.78 is 0. The lowest BCUT2D eigenvalue weighted by molar-refractivity contribution is -0.169. The Balaban J connectivity index is 2.57. The average Bonchev–Trinajstić information content (AvgIpc) is 2.18. The molecule has 0 radical (unpaired) electrons. The van der Waals surface area contributed by atoms with E-state index >= 15 is 0 Å². The van der Waals surface area contributed by atoms with E-state index in [4.69, 9.17) is 5.11 Å². The minimum Gasteiger partial charge on any atom is -0.479 e. The number of aliphatic hydroxyl groups is 2. The number of likely N-dealkylation sites (tertiary alicyclic amines) is 1. The summed E-state index contributed by atoms with van der Waals surface area (Å²) in [6, 6.07) is 0. The minimum atomic E-state index is -1.67. The third kappa shape index (κ3) is 2.23. The maximum Gasteiger partial charge on any atom is 0.335 e. The van der Waals surface area contributed by atoms with Crippen molar-refractivity contribution in [2.24, 2.45) is 0 Å². The summed E-state index contributed by atoms with van der Waals surface area (Å²) in [5.41, 5.74) is -1.45. The quantitative estimate of drug-likeness (QED) is 0.564. The molecule has 0 aromatic heterocycles. The summed E-state index contributed by atoms with van der Waals surface area (Å²) in [5.74, 6) is -1.35. The number of hydrogen-bond donors (Lipinski definition) is 3. The Kier molecular flexibility index (Phi) is 3.47. The molecule has 0 spiro atoms. The van der Waals surface area contributed by atoms with Gasteiger partial charge in [0.05, 0.1) is 0 Å². The highest BCUT2D eigenvalue weighted by Gasteiger charge is 2.42. The number of rotatable bonds is 3. The molecule has 5 nitrogen and oxygen atoms in total. The van der Waals surface area contributed by atoms with Gasteiger partial charge in [-0.05, 0) is 19.4 Å². The molecule has 1 rings (SSSR count). The fourth-order valence-corrected chi connectivity index (χ4v) is 1.76. The van der Waals surface area contributed by atoms with Crippen molar-refractivity contribution in [2.45, 2.75) is 31.5 Å². The molecule has 0 aliphatic carbocycles. The zero-order valence-electron chi connectivity index (χ0n) is 8.31. The van der Waals surface area contributed by atoms with E-state index < -0.39 is 17.7 Å². The van der Waals surface area contributed by atoms with E-state index in [0.717, 1.165) is 6.54 Å². The molecule has 1 heterocycles. The smallest absolute Gasteiger partial charge is 0.335 e. The Morgan fingerprint density at radius 1 is 1.50 bits per heavy atom. The maximum atomic E-state index is 10.5. The lowest BCUT2D eigenvalue weighted by atomic mass is 9.86. The van der Waals surface area contributed by atoms with Crippen LogP contribution in [-0.2, 0) is 4.79 Å². The number of aliphatic carboxylic acids is 1.